The van der Waals surface area contributed by atoms with Crippen LogP contribution >= 0.6 is 0 Å². The van der Waals surface area contributed by atoms with Gasteiger partial charge in [-0.3, -0.25) is 19.6 Å². The van der Waals surface area contributed by atoms with Crippen LogP contribution in [0, 0.1) is 0 Å². The fourth-order valence-electron chi connectivity index (χ4n) is 4.15. The third-order valence-corrected chi connectivity index (χ3v) is 5.97. The maximum Gasteiger partial charge on any atom is 0.340 e. The van der Waals surface area contributed by atoms with E-state index in [2.05, 4.69) is 33.4 Å². The molecule has 0 atom stereocenters. The molecular formula is C22H29N5O3. The summed E-state index contributed by atoms with van der Waals surface area (Å²) in [4.78, 5) is 29.6. The number of nitrogens with zero attached hydrogens (tertiary/aromatic N) is 4. The van der Waals surface area contributed by atoms with E-state index in [1.807, 2.05) is 12.1 Å². The van der Waals surface area contributed by atoms with Gasteiger partial charge in [-0.2, -0.15) is 0 Å². The first-order chi connectivity index (χ1) is 14.5. The number of hydrazine groups is 1. The molecule has 0 bridgehead atoms. The lowest BCUT2D eigenvalue weighted by molar-refractivity contribution is -0.130. The Morgan fingerprint density at radius 2 is 1.77 bits per heavy atom. The third-order valence-electron chi connectivity index (χ3n) is 5.97. The first-order valence-electron chi connectivity index (χ1n) is 10.5. The lowest BCUT2D eigenvalue weighted by Gasteiger charge is -2.37. The van der Waals surface area contributed by atoms with Gasteiger partial charge < -0.3 is 10.0 Å². The number of likely N-dealkylation sites (N-methyl/N-ethyl adjacent to an activating group) is 1. The van der Waals surface area contributed by atoms with Crippen LogP contribution in [0.5, 0.6) is 5.75 Å². The van der Waals surface area contributed by atoms with Gasteiger partial charge in [0, 0.05) is 50.8 Å². The monoisotopic (exact) mass is 411 g/mol. The van der Waals surface area contributed by atoms with E-state index in [4.69, 9.17) is 0 Å². The van der Waals surface area contributed by atoms with Gasteiger partial charge in [-0.25, -0.2) is 10.2 Å². The minimum Gasteiger partial charge on any atom is -0.508 e. The summed E-state index contributed by atoms with van der Waals surface area (Å²) in [6.45, 7) is 5.68. The first kappa shape index (κ1) is 20.4. The van der Waals surface area contributed by atoms with Gasteiger partial charge in [-0.1, -0.05) is 18.2 Å². The maximum atomic E-state index is 12.1. The minimum atomic E-state index is -0.277. The number of carbonyl (C=O) groups excluding carboxylic acids is 2. The van der Waals surface area contributed by atoms with Crippen molar-refractivity contribution in [3.63, 3.8) is 0 Å². The second-order valence-corrected chi connectivity index (χ2v) is 7.94. The summed E-state index contributed by atoms with van der Waals surface area (Å²) in [5.74, 6) is 0.0985. The Morgan fingerprint density at radius 1 is 1.00 bits per heavy atom. The van der Waals surface area contributed by atoms with Gasteiger partial charge in [-0.15, -0.1) is 0 Å². The number of imide groups is 1. The smallest absolute Gasteiger partial charge is 0.340 e. The lowest BCUT2D eigenvalue weighted by Crippen LogP contribution is -2.59. The van der Waals surface area contributed by atoms with Crippen molar-refractivity contribution in [2.45, 2.75) is 12.8 Å². The Kier molecular flexibility index (Phi) is 6.06. The summed E-state index contributed by atoms with van der Waals surface area (Å²) < 4.78 is 0. The van der Waals surface area contributed by atoms with Crippen molar-refractivity contribution in [3.8, 4) is 5.75 Å². The fourth-order valence-corrected chi connectivity index (χ4v) is 4.15. The first-order valence-corrected chi connectivity index (χ1v) is 10.5. The summed E-state index contributed by atoms with van der Waals surface area (Å²) in [5, 5.41) is 13.6. The van der Waals surface area contributed by atoms with Gasteiger partial charge in [0.1, 0.15) is 5.75 Å². The summed E-state index contributed by atoms with van der Waals surface area (Å²) in [5.41, 5.74) is 4.06. The molecule has 2 fully saturated rings. The number of hydrogen-bond acceptors (Lipinski definition) is 6. The fraction of sp³-hybridized carbons (Fsp3) is 0.455. The Labute approximate surface area is 176 Å². The molecule has 0 saturated carbocycles. The molecular weight excluding hydrogens is 382 g/mol. The average Bonchev–Trinajstić information content (AvgIpc) is 2.76. The van der Waals surface area contributed by atoms with Crippen molar-refractivity contribution < 1.29 is 14.7 Å². The molecule has 2 aliphatic rings. The topological polar surface area (TPSA) is 79.4 Å². The quantitative estimate of drug-likeness (QED) is 0.707. The minimum absolute atomic E-state index is 0.177. The van der Waals surface area contributed by atoms with Gasteiger partial charge in [0.25, 0.3) is 0 Å². The second kappa shape index (κ2) is 8.89. The molecule has 2 aliphatic heterocycles. The molecule has 2 aromatic carbocycles. The standard InChI is InChI=1S/C22H29N5O3/c1-24-21(29)16-23-27(22(24)30)10-3-2-9-25-11-13-26(14-12-25)20-6-4-5-17-7-8-18(28)15-19(17)20/h4-8,15,23,28H,2-3,9-14,16H2,1H3. The molecule has 2 heterocycles. The molecule has 3 amide bonds. The number of aromatic hydroxyl groups is 1. The highest BCUT2D eigenvalue weighted by molar-refractivity contribution is 5.97. The molecule has 30 heavy (non-hydrogen) atoms. The zero-order valence-electron chi connectivity index (χ0n) is 17.4. The van der Waals surface area contributed by atoms with E-state index in [1.54, 1.807) is 6.07 Å². The molecule has 0 radical (unpaired) electrons. The molecule has 2 aromatic rings. The maximum absolute atomic E-state index is 12.1. The van der Waals surface area contributed by atoms with E-state index < -0.39 is 0 Å². The number of fused-ring (bicyclic) bond motifs is 1. The number of rotatable bonds is 6. The largest absolute Gasteiger partial charge is 0.508 e. The average molecular weight is 412 g/mol. The van der Waals surface area contributed by atoms with Crippen LogP contribution in [0.3, 0.4) is 0 Å². The van der Waals surface area contributed by atoms with Crippen molar-refractivity contribution >= 4 is 28.4 Å². The zero-order chi connectivity index (χ0) is 21.1. The molecule has 2 N–H and O–H groups in total. The van der Waals surface area contributed by atoms with Crippen molar-refractivity contribution in [1.82, 2.24) is 20.2 Å². The van der Waals surface area contributed by atoms with Gasteiger partial charge in [0.2, 0.25) is 5.91 Å². The molecule has 160 valence electrons. The van der Waals surface area contributed by atoms with Crippen LogP contribution in [0.2, 0.25) is 0 Å². The molecule has 4 rings (SSSR count). The highest BCUT2D eigenvalue weighted by Crippen LogP contribution is 2.30. The number of hydrogen-bond donors (Lipinski definition) is 2. The number of unbranched alkanes of at least 4 members (excludes halogenated alkanes) is 1. The number of phenols is 1. The summed E-state index contributed by atoms with van der Waals surface area (Å²) in [7, 11) is 1.52. The zero-order valence-corrected chi connectivity index (χ0v) is 17.4. The summed E-state index contributed by atoms with van der Waals surface area (Å²) in [6.07, 6.45) is 1.90. The number of phenolic OH excluding ortho intramolecular Hbond substituents is 1. The Balaban J connectivity index is 1.23. The van der Waals surface area contributed by atoms with E-state index in [1.165, 1.54) is 22.6 Å². The lowest BCUT2D eigenvalue weighted by atomic mass is 10.1. The molecule has 8 heteroatoms. The number of urea groups is 1. The van der Waals surface area contributed by atoms with Crippen LogP contribution in [0.1, 0.15) is 12.8 Å². The molecule has 2 saturated heterocycles. The Morgan fingerprint density at radius 3 is 2.57 bits per heavy atom. The van der Waals surface area contributed by atoms with Crippen molar-refractivity contribution in [2.75, 3.05) is 57.8 Å². The molecule has 0 unspecified atom stereocenters. The number of nitrogens with one attached hydrogen (secondary N) is 1. The third kappa shape index (κ3) is 4.34. The molecule has 8 nitrogen and oxygen atoms in total. The Hall–Kier alpha value is -2.84. The van der Waals surface area contributed by atoms with Crippen LogP contribution < -0.4 is 10.3 Å². The number of piperazine rings is 1. The predicted octanol–water partition coefficient (Wildman–Crippen LogP) is 1.85. The van der Waals surface area contributed by atoms with Gasteiger partial charge in [0.15, 0.2) is 0 Å². The van der Waals surface area contributed by atoms with E-state index in [9.17, 15) is 14.7 Å². The van der Waals surface area contributed by atoms with Crippen molar-refractivity contribution in [1.29, 1.82) is 0 Å². The van der Waals surface area contributed by atoms with E-state index >= 15 is 0 Å². The highest BCUT2D eigenvalue weighted by atomic mass is 16.3. The molecule has 0 spiro atoms. The predicted molar refractivity (Wildman–Crippen MR) is 116 cm³/mol. The Bertz CT molecular complexity index is 926. The second-order valence-electron chi connectivity index (χ2n) is 7.94. The highest BCUT2D eigenvalue weighted by Gasteiger charge is 2.28. The van der Waals surface area contributed by atoms with Crippen LogP contribution in [0.25, 0.3) is 10.8 Å². The molecule has 0 aliphatic carbocycles. The van der Waals surface area contributed by atoms with Gasteiger partial charge in [-0.05, 0) is 43.0 Å². The van der Waals surface area contributed by atoms with Crippen LogP contribution in [-0.4, -0.2) is 84.7 Å². The van der Waals surface area contributed by atoms with Gasteiger partial charge >= 0.3 is 6.03 Å². The normalized spacial score (nSPS) is 18.5. The SMILES string of the molecule is CN1C(=O)CNN(CCCCN2CCN(c3cccc4ccc(O)cc34)CC2)C1=O. The van der Waals surface area contributed by atoms with E-state index in [0.29, 0.717) is 12.3 Å². The summed E-state index contributed by atoms with van der Waals surface area (Å²) >= 11 is 0. The molecule has 0 aromatic heterocycles. The van der Waals surface area contributed by atoms with E-state index in [0.717, 1.165) is 56.3 Å². The summed E-state index contributed by atoms with van der Waals surface area (Å²) in [6, 6.07) is 11.5. The van der Waals surface area contributed by atoms with Crippen molar-refractivity contribution in [2.24, 2.45) is 0 Å². The number of carbonyl (C=O) groups is 2. The van der Waals surface area contributed by atoms with Crippen LogP contribution in [0.4, 0.5) is 10.5 Å². The van der Waals surface area contributed by atoms with Crippen LogP contribution in [-0.2, 0) is 4.79 Å². The number of amides is 3. The number of anilines is 1. The number of benzene rings is 2. The van der Waals surface area contributed by atoms with Crippen LogP contribution in [0.15, 0.2) is 36.4 Å². The van der Waals surface area contributed by atoms with Gasteiger partial charge in [0.05, 0.1) is 6.54 Å². The van der Waals surface area contributed by atoms with Crippen molar-refractivity contribution in [3.05, 3.63) is 36.4 Å². The van der Waals surface area contributed by atoms with E-state index in [-0.39, 0.29) is 18.5 Å².